The maximum Gasteiger partial charge on any atom is 0.411 e. The zero-order valence-corrected chi connectivity index (χ0v) is 18.0. The Morgan fingerprint density at radius 3 is 1.86 bits per heavy atom. The van der Waals surface area contributed by atoms with Crippen molar-refractivity contribution in [3.63, 3.8) is 0 Å². The summed E-state index contributed by atoms with van der Waals surface area (Å²) in [5, 5.41) is 0. The van der Waals surface area contributed by atoms with Crippen LogP contribution < -0.4 is 0 Å². The van der Waals surface area contributed by atoms with E-state index in [9.17, 15) is 0 Å². The molecule has 0 heterocycles. The molecule has 121 valence electrons. The van der Waals surface area contributed by atoms with Crippen LogP contribution in [0.1, 0.15) is 71.1 Å². The third kappa shape index (κ3) is 16.9. The molecule has 7 radical (unpaired) electrons. The Kier molecular flexibility index (Phi) is 16.2. The molecule has 0 aromatic carbocycles. The van der Waals surface area contributed by atoms with Crippen LogP contribution in [0.2, 0.25) is 19.1 Å². The minimum absolute atomic E-state index is 0.0254. The standard InChI is InChI=1S/C14H31O3Si4/c1-4-5-6-7-8-9-10-11-12-13-14-21(2,3)17-20-16-19-15-18/h4-14H2,1-3H3. The van der Waals surface area contributed by atoms with E-state index in [1.54, 1.807) is 0 Å². The molecule has 21 heavy (non-hydrogen) atoms. The fraction of sp³-hybridized carbons (Fsp3) is 1.00. The van der Waals surface area contributed by atoms with Gasteiger partial charge in [-0.2, -0.15) is 0 Å². The number of unbranched alkanes of at least 4 members (excludes halogenated alkanes) is 9. The van der Waals surface area contributed by atoms with E-state index in [0.717, 1.165) is 0 Å². The highest BCUT2D eigenvalue weighted by Crippen LogP contribution is 2.17. The van der Waals surface area contributed by atoms with E-state index in [2.05, 4.69) is 34.6 Å². The van der Waals surface area contributed by atoms with Crippen molar-refractivity contribution in [2.24, 2.45) is 0 Å². The van der Waals surface area contributed by atoms with Crippen molar-refractivity contribution in [2.75, 3.05) is 0 Å². The molecular weight excluding hydrogens is 328 g/mol. The van der Waals surface area contributed by atoms with Gasteiger partial charge in [-0.05, 0) is 19.1 Å². The van der Waals surface area contributed by atoms with Gasteiger partial charge in [0.2, 0.25) is 10.5 Å². The van der Waals surface area contributed by atoms with E-state index in [1.165, 1.54) is 70.3 Å². The first kappa shape index (κ1) is 21.7. The summed E-state index contributed by atoms with van der Waals surface area (Å²) in [5.41, 5.74) is 0. The first-order chi connectivity index (χ1) is 10.1. The lowest BCUT2D eigenvalue weighted by Gasteiger charge is -2.21. The quantitative estimate of drug-likeness (QED) is 0.303. The van der Waals surface area contributed by atoms with Gasteiger partial charge in [0.15, 0.2) is 8.32 Å². The lowest BCUT2D eigenvalue weighted by Crippen LogP contribution is -2.33. The van der Waals surface area contributed by atoms with Crippen molar-refractivity contribution < 1.29 is 12.3 Å². The van der Waals surface area contributed by atoms with Crippen LogP contribution in [0.15, 0.2) is 0 Å². The molecule has 0 aliphatic heterocycles. The molecule has 0 spiro atoms. The molecular formula is C14H31O3Si4. The Morgan fingerprint density at radius 1 is 0.810 bits per heavy atom. The van der Waals surface area contributed by atoms with Crippen molar-refractivity contribution >= 4 is 38.8 Å². The molecule has 0 aliphatic carbocycles. The molecule has 0 atom stereocenters. The van der Waals surface area contributed by atoms with Crippen molar-refractivity contribution in [3.8, 4) is 0 Å². The van der Waals surface area contributed by atoms with E-state index in [1.807, 2.05) is 0 Å². The summed E-state index contributed by atoms with van der Waals surface area (Å²) < 4.78 is 15.8. The van der Waals surface area contributed by atoms with E-state index < -0.39 is 8.32 Å². The van der Waals surface area contributed by atoms with E-state index in [0.29, 0.717) is 0 Å². The van der Waals surface area contributed by atoms with Crippen LogP contribution >= 0.6 is 0 Å². The third-order valence-corrected chi connectivity index (χ3v) is 8.68. The Labute approximate surface area is 141 Å². The average molecular weight is 360 g/mol. The molecule has 0 saturated heterocycles. The lowest BCUT2D eigenvalue weighted by atomic mass is 10.1. The van der Waals surface area contributed by atoms with Crippen LogP contribution in [0.3, 0.4) is 0 Å². The van der Waals surface area contributed by atoms with Gasteiger partial charge in [-0.3, -0.25) is 0 Å². The number of hydrogen-bond donors (Lipinski definition) is 0. The van der Waals surface area contributed by atoms with Crippen LogP contribution in [0.4, 0.5) is 0 Å². The maximum atomic E-state index is 5.86. The van der Waals surface area contributed by atoms with Crippen molar-refractivity contribution in [1.82, 2.24) is 0 Å². The second-order valence-electron chi connectivity index (χ2n) is 6.16. The highest BCUT2D eigenvalue weighted by atomic mass is 28.4. The van der Waals surface area contributed by atoms with Crippen molar-refractivity contribution in [2.45, 2.75) is 90.3 Å². The van der Waals surface area contributed by atoms with E-state index >= 15 is 0 Å². The highest BCUT2D eigenvalue weighted by molar-refractivity contribution is 6.74. The smallest absolute Gasteiger partial charge is 0.411 e. The van der Waals surface area contributed by atoms with Gasteiger partial charge in [0.25, 0.3) is 0 Å². The molecule has 0 saturated carbocycles. The normalized spacial score (nSPS) is 12.0. The Bertz CT molecular complexity index is 218. The average Bonchev–Trinajstić information content (AvgIpc) is 2.45. The lowest BCUT2D eigenvalue weighted by molar-refractivity contribution is 0.423. The van der Waals surface area contributed by atoms with Crippen LogP contribution in [-0.4, -0.2) is 38.8 Å². The molecule has 7 heteroatoms. The molecule has 0 fully saturated rings. The fourth-order valence-corrected chi connectivity index (χ4v) is 5.89. The molecule has 0 aliphatic rings. The fourth-order valence-electron chi connectivity index (χ4n) is 2.26. The molecule has 0 N–H and O–H groups in total. The van der Waals surface area contributed by atoms with Gasteiger partial charge in [0.05, 0.1) is 0 Å². The predicted molar refractivity (Wildman–Crippen MR) is 94.7 cm³/mol. The first-order valence-corrected chi connectivity index (χ1v) is 13.4. The van der Waals surface area contributed by atoms with E-state index in [-0.39, 0.29) is 20.0 Å². The maximum absolute atomic E-state index is 5.86. The van der Waals surface area contributed by atoms with Crippen LogP contribution in [0, 0.1) is 0 Å². The largest absolute Gasteiger partial charge is 0.435 e. The van der Waals surface area contributed by atoms with E-state index in [4.69, 9.17) is 8.23 Å². The monoisotopic (exact) mass is 359 g/mol. The molecule has 0 bridgehead atoms. The Balaban J connectivity index is 3.28. The van der Waals surface area contributed by atoms with Crippen LogP contribution in [0.5, 0.6) is 0 Å². The molecule has 0 unspecified atom stereocenters. The molecule has 0 amide bonds. The van der Waals surface area contributed by atoms with Gasteiger partial charge >= 0.3 is 20.0 Å². The van der Waals surface area contributed by atoms with Gasteiger partial charge < -0.3 is 12.3 Å². The van der Waals surface area contributed by atoms with Crippen molar-refractivity contribution in [3.05, 3.63) is 0 Å². The van der Waals surface area contributed by atoms with Crippen LogP contribution in [0.25, 0.3) is 0 Å². The Morgan fingerprint density at radius 2 is 1.33 bits per heavy atom. The number of rotatable bonds is 16. The minimum Gasteiger partial charge on any atom is -0.435 e. The van der Waals surface area contributed by atoms with Gasteiger partial charge in [-0.1, -0.05) is 71.1 Å². The van der Waals surface area contributed by atoms with Gasteiger partial charge in [0.1, 0.15) is 0 Å². The van der Waals surface area contributed by atoms with Gasteiger partial charge in [-0.15, -0.1) is 0 Å². The topological polar surface area (TPSA) is 27.7 Å². The Hall–Kier alpha value is 0.748. The number of hydrogen-bond acceptors (Lipinski definition) is 3. The minimum atomic E-state index is -1.52. The summed E-state index contributed by atoms with van der Waals surface area (Å²) in [7, 11) is 1.53. The van der Waals surface area contributed by atoms with Gasteiger partial charge in [0, 0.05) is 0 Å². The first-order valence-electron chi connectivity index (χ1n) is 8.29. The zero-order chi connectivity index (χ0) is 15.8. The summed E-state index contributed by atoms with van der Waals surface area (Å²) in [4.78, 5) is 0. The second-order valence-corrected chi connectivity index (χ2v) is 13.0. The third-order valence-electron chi connectivity index (χ3n) is 3.58. The SMILES string of the molecule is CCCCCCCCCCCC[Si](C)(C)O[Si]O[Si]O[Si]. The highest BCUT2D eigenvalue weighted by Gasteiger charge is 2.22. The summed E-state index contributed by atoms with van der Waals surface area (Å²) in [6.45, 7) is 6.82. The second kappa shape index (κ2) is 15.6. The van der Waals surface area contributed by atoms with Gasteiger partial charge in [-0.25, -0.2) is 0 Å². The molecule has 0 rings (SSSR count). The zero-order valence-electron chi connectivity index (χ0n) is 14.0. The summed E-state index contributed by atoms with van der Waals surface area (Å²) >= 11 is 0. The summed E-state index contributed by atoms with van der Waals surface area (Å²) in [5.74, 6) is 0. The van der Waals surface area contributed by atoms with Crippen LogP contribution in [-0.2, 0) is 12.3 Å². The molecule has 0 aromatic rings. The summed E-state index contributed by atoms with van der Waals surface area (Å²) in [6.07, 6.45) is 13.9. The molecule has 0 aromatic heterocycles. The predicted octanol–water partition coefficient (Wildman–Crippen LogP) is 4.31. The molecule has 3 nitrogen and oxygen atoms in total. The summed E-state index contributed by atoms with van der Waals surface area (Å²) in [6, 6.07) is 1.23. The van der Waals surface area contributed by atoms with Crippen molar-refractivity contribution in [1.29, 1.82) is 0 Å².